The lowest BCUT2D eigenvalue weighted by Gasteiger charge is -2.31. The predicted molar refractivity (Wildman–Crippen MR) is 89.7 cm³/mol. The van der Waals surface area contributed by atoms with Crippen LogP contribution in [0.4, 0.5) is 4.39 Å². The SMILES string of the molecule is Fc1cccc(Cl)c1CC(CCl)(CCl)c1ccc(Cl)cc1. The molecule has 0 fully saturated rings. The summed E-state index contributed by atoms with van der Waals surface area (Å²) in [5.74, 6) is 0.155. The van der Waals surface area contributed by atoms with E-state index in [1.54, 1.807) is 24.3 Å². The number of rotatable bonds is 5. The molecule has 0 amide bonds. The van der Waals surface area contributed by atoms with E-state index in [-0.39, 0.29) is 17.6 Å². The minimum Gasteiger partial charge on any atom is -0.207 e. The second-order valence-corrected chi connectivity index (χ2v) is 6.31. The Kier molecular flexibility index (Phi) is 5.79. The lowest BCUT2D eigenvalue weighted by atomic mass is 9.78. The molecule has 0 aliphatic heterocycles. The summed E-state index contributed by atoms with van der Waals surface area (Å²) in [5, 5.41) is 1.00. The van der Waals surface area contributed by atoms with E-state index >= 15 is 0 Å². The number of hydrogen-bond acceptors (Lipinski definition) is 0. The van der Waals surface area contributed by atoms with Gasteiger partial charge in [-0.2, -0.15) is 0 Å². The van der Waals surface area contributed by atoms with E-state index in [4.69, 9.17) is 46.4 Å². The molecular weight excluding hydrogens is 353 g/mol. The van der Waals surface area contributed by atoms with E-state index in [0.717, 1.165) is 5.56 Å². The van der Waals surface area contributed by atoms with E-state index in [9.17, 15) is 4.39 Å². The first-order chi connectivity index (χ1) is 10.0. The normalized spacial score (nSPS) is 11.7. The van der Waals surface area contributed by atoms with Gasteiger partial charge in [0.25, 0.3) is 0 Å². The third-order valence-corrected chi connectivity index (χ3v) is 5.17. The quantitative estimate of drug-likeness (QED) is 0.562. The molecule has 0 nitrogen and oxygen atoms in total. The van der Waals surface area contributed by atoms with E-state index in [0.29, 0.717) is 22.0 Å². The highest BCUT2D eigenvalue weighted by atomic mass is 35.5. The van der Waals surface area contributed by atoms with Crippen molar-refractivity contribution in [2.24, 2.45) is 0 Å². The van der Waals surface area contributed by atoms with E-state index in [1.165, 1.54) is 6.07 Å². The van der Waals surface area contributed by atoms with Crippen molar-refractivity contribution in [3.63, 3.8) is 0 Å². The maximum atomic E-state index is 14.0. The van der Waals surface area contributed by atoms with Crippen LogP contribution in [0.2, 0.25) is 10.0 Å². The monoisotopic (exact) mass is 364 g/mol. The molecule has 0 saturated carbocycles. The summed E-state index contributed by atoms with van der Waals surface area (Å²) in [5.41, 5.74) is 0.742. The van der Waals surface area contributed by atoms with Crippen molar-refractivity contribution in [3.05, 3.63) is 69.5 Å². The molecule has 0 saturated heterocycles. The Morgan fingerprint density at radius 3 is 2.05 bits per heavy atom. The van der Waals surface area contributed by atoms with Crippen LogP contribution in [0.5, 0.6) is 0 Å². The van der Waals surface area contributed by atoms with Gasteiger partial charge in [0.2, 0.25) is 0 Å². The zero-order chi connectivity index (χ0) is 15.5. The van der Waals surface area contributed by atoms with Crippen molar-refractivity contribution in [1.29, 1.82) is 0 Å². The molecule has 0 aliphatic rings. The fraction of sp³-hybridized carbons (Fsp3) is 0.250. The molecule has 0 heterocycles. The van der Waals surface area contributed by atoms with E-state index < -0.39 is 5.41 Å². The van der Waals surface area contributed by atoms with Crippen molar-refractivity contribution in [2.75, 3.05) is 11.8 Å². The van der Waals surface area contributed by atoms with Crippen LogP contribution in [0.3, 0.4) is 0 Å². The molecule has 2 rings (SSSR count). The summed E-state index contributed by atoms with van der Waals surface area (Å²) in [6.45, 7) is 0. The predicted octanol–water partition coefficient (Wildman–Crippen LogP) is 6.09. The standard InChI is InChI=1S/C16H13Cl4F/c17-9-16(10-18,11-4-6-12(19)7-5-11)8-13-14(20)2-1-3-15(13)21/h1-7H,8-10H2. The summed E-state index contributed by atoms with van der Waals surface area (Å²) in [7, 11) is 0. The Morgan fingerprint density at radius 2 is 1.52 bits per heavy atom. The van der Waals surface area contributed by atoms with E-state index in [1.807, 2.05) is 12.1 Å². The van der Waals surface area contributed by atoms with Crippen LogP contribution in [0.25, 0.3) is 0 Å². The topological polar surface area (TPSA) is 0 Å². The van der Waals surface area contributed by atoms with Gasteiger partial charge < -0.3 is 0 Å². The van der Waals surface area contributed by atoms with Crippen LogP contribution in [0, 0.1) is 5.82 Å². The highest BCUT2D eigenvalue weighted by Crippen LogP contribution is 2.35. The van der Waals surface area contributed by atoms with Gasteiger partial charge in [-0.05, 0) is 36.2 Å². The zero-order valence-corrected chi connectivity index (χ0v) is 14.1. The van der Waals surface area contributed by atoms with Gasteiger partial charge in [-0.1, -0.05) is 41.4 Å². The van der Waals surface area contributed by atoms with Crippen LogP contribution < -0.4 is 0 Å². The Bertz CT molecular complexity index is 586. The second-order valence-electron chi connectivity index (χ2n) is 4.93. The molecule has 21 heavy (non-hydrogen) atoms. The molecule has 5 heteroatoms. The number of hydrogen-bond donors (Lipinski definition) is 0. The lowest BCUT2D eigenvalue weighted by molar-refractivity contribution is 0.512. The average molecular weight is 366 g/mol. The zero-order valence-electron chi connectivity index (χ0n) is 11.1. The molecule has 2 aromatic carbocycles. The van der Waals surface area contributed by atoms with Gasteiger partial charge >= 0.3 is 0 Å². The summed E-state index contributed by atoms with van der Waals surface area (Å²) >= 11 is 24.4. The minimum absolute atomic E-state index is 0.253. The highest BCUT2D eigenvalue weighted by molar-refractivity contribution is 6.31. The number of benzene rings is 2. The van der Waals surface area contributed by atoms with Crippen molar-refractivity contribution in [1.82, 2.24) is 0 Å². The van der Waals surface area contributed by atoms with Gasteiger partial charge in [-0.3, -0.25) is 0 Å². The summed E-state index contributed by atoms with van der Waals surface area (Å²) in [4.78, 5) is 0. The lowest BCUT2D eigenvalue weighted by Crippen LogP contribution is -2.33. The van der Waals surface area contributed by atoms with Crippen LogP contribution in [-0.4, -0.2) is 11.8 Å². The molecule has 0 atom stereocenters. The van der Waals surface area contributed by atoms with Gasteiger partial charge in [0, 0.05) is 32.8 Å². The van der Waals surface area contributed by atoms with E-state index in [2.05, 4.69) is 0 Å². The van der Waals surface area contributed by atoms with Crippen LogP contribution in [0.15, 0.2) is 42.5 Å². The molecule has 0 aliphatic carbocycles. The van der Waals surface area contributed by atoms with Crippen LogP contribution in [0.1, 0.15) is 11.1 Å². The van der Waals surface area contributed by atoms with Crippen molar-refractivity contribution in [2.45, 2.75) is 11.8 Å². The maximum absolute atomic E-state index is 14.0. The molecule has 112 valence electrons. The first-order valence-electron chi connectivity index (χ1n) is 6.33. The maximum Gasteiger partial charge on any atom is 0.127 e. The number of alkyl halides is 2. The third kappa shape index (κ3) is 3.65. The number of halogens is 5. The summed E-state index contributed by atoms with van der Waals surface area (Å²) < 4.78 is 14.0. The van der Waals surface area contributed by atoms with Gasteiger partial charge in [0.05, 0.1) is 0 Å². The Hall–Kier alpha value is -0.470. The molecule has 0 radical (unpaired) electrons. The fourth-order valence-corrected chi connectivity index (χ4v) is 3.37. The van der Waals surface area contributed by atoms with Crippen LogP contribution >= 0.6 is 46.4 Å². The summed E-state index contributed by atoms with van der Waals surface area (Å²) in [6.07, 6.45) is 0.327. The first kappa shape index (κ1) is 16.9. The van der Waals surface area contributed by atoms with Gasteiger partial charge in [0.1, 0.15) is 5.82 Å². The molecule has 0 aromatic heterocycles. The largest absolute Gasteiger partial charge is 0.207 e. The smallest absolute Gasteiger partial charge is 0.127 e. The second kappa shape index (κ2) is 7.19. The Morgan fingerprint density at radius 1 is 0.905 bits per heavy atom. The minimum atomic E-state index is -0.598. The molecule has 0 spiro atoms. The van der Waals surface area contributed by atoms with Crippen molar-refractivity contribution in [3.8, 4) is 0 Å². The van der Waals surface area contributed by atoms with Gasteiger partial charge in [-0.15, -0.1) is 23.2 Å². The molecule has 2 aromatic rings. The fourth-order valence-electron chi connectivity index (χ4n) is 2.23. The highest BCUT2D eigenvalue weighted by Gasteiger charge is 2.32. The molecule has 0 bridgehead atoms. The van der Waals surface area contributed by atoms with Crippen molar-refractivity contribution < 1.29 is 4.39 Å². The molecule has 0 N–H and O–H groups in total. The Balaban J connectivity index is 2.45. The third-order valence-electron chi connectivity index (χ3n) is 3.55. The molecular formula is C16H13Cl4F. The Labute approximate surface area is 143 Å². The van der Waals surface area contributed by atoms with Crippen LogP contribution in [-0.2, 0) is 11.8 Å². The first-order valence-corrected chi connectivity index (χ1v) is 8.16. The molecule has 0 unspecified atom stereocenters. The summed E-state index contributed by atoms with van der Waals surface area (Å²) in [6, 6.07) is 11.9. The van der Waals surface area contributed by atoms with Crippen molar-refractivity contribution >= 4 is 46.4 Å². The van der Waals surface area contributed by atoms with Gasteiger partial charge in [0.15, 0.2) is 0 Å². The van der Waals surface area contributed by atoms with Gasteiger partial charge in [-0.25, -0.2) is 4.39 Å². The average Bonchev–Trinajstić information content (AvgIpc) is 2.49.